The average Bonchev–Trinajstić information content (AvgIpc) is 2.79. The van der Waals surface area contributed by atoms with Crippen molar-refractivity contribution in [2.45, 2.75) is 37.3 Å². The van der Waals surface area contributed by atoms with E-state index in [1.54, 1.807) is 0 Å². The summed E-state index contributed by atoms with van der Waals surface area (Å²) in [4.78, 5) is 22.1. The maximum atomic E-state index is 11.0. The summed E-state index contributed by atoms with van der Waals surface area (Å²) < 4.78 is 21.3. The normalized spacial score (nSPS) is 42.8. The van der Waals surface area contributed by atoms with Crippen molar-refractivity contribution >= 4 is 11.9 Å². The maximum Gasteiger partial charge on any atom is 0.308 e. The van der Waals surface area contributed by atoms with E-state index in [0.29, 0.717) is 25.7 Å². The molecule has 0 radical (unpaired) electrons. The molecule has 88 valence electrons. The number of carbonyl (C=O) groups is 2. The number of rotatable bonds is 0. The summed E-state index contributed by atoms with van der Waals surface area (Å²) in [6.45, 7) is 0.262. The van der Waals surface area contributed by atoms with Gasteiger partial charge in [0, 0.05) is 12.8 Å². The fourth-order valence-corrected chi connectivity index (χ4v) is 2.18. The molecule has 0 N–H and O–H groups in total. The van der Waals surface area contributed by atoms with E-state index in [0.717, 1.165) is 0 Å². The molecule has 0 aromatic rings. The summed E-state index contributed by atoms with van der Waals surface area (Å²) in [6.07, 6.45) is 1.68. The van der Waals surface area contributed by atoms with Crippen LogP contribution in [0.3, 0.4) is 0 Å². The van der Waals surface area contributed by atoms with Crippen molar-refractivity contribution in [3.8, 4) is 0 Å². The molecule has 0 aliphatic carbocycles. The second-order valence-electron chi connectivity index (χ2n) is 4.35. The van der Waals surface area contributed by atoms with Gasteiger partial charge in [-0.1, -0.05) is 0 Å². The summed E-state index contributed by atoms with van der Waals surface area (Å²) in [6, 6.07) is 0. The molecular weight excluding hydrogens is 216 g/mol. The highest BCUT2D eigenvalue weighted by Crippen LogP contribution is 2.39. The minimum Gasteiger partial charge on any atom is -0.430 e. The van der Waals surface area contributed by atoms with E-state index < -0.39 is 11.6 Å². The SMILES string of the molecule is O=C1CC[C@@]2(CO[C@@]3(CCC(=O)O3)CO2)O1. The monoisotopic (exact) mass is 228 g/mol. The lowest BCUT2D eigenvalue weighted by molar-refractivity contribution is -0.354. The van der Waals surface area contributed by atoms with Gasteiger partial charge in [0.15, 0.2) is 0 Å². The van der Waals surface area contributed by atoms with Crippen LogP contribution in [0.15, 0.2) is 0 Å². The van der Waals surface area contributed by atoms with Gasteiger partial charge in [0.2, 0.25) is 11.6 Å². The third kappa shape index (κ3) is 1.49. The van der Waals surface area contributed by atoms with E-state index in [2.05, 4.69) is 0 Å². The van der Waals surface area contributed by atoms with E-state index >= 15 is 0 Å². The first-order valence-corrected chi connectivity index (χ1v) is 5.33. The van der Waals surface area contributed by atoms with Gasteiger partial charge in [0.05, 0.1) is 12.8 Å². The van der Waals surface area contributed by atoms with Crippen LogP contribution in [0.1, 0.15) is 25.7 Å². The molecule has 0 saturated carbocycles. The number of esters is 2. The van der Waals surface area contributed by atoms with E-state index in [-0.39, 0.29) is 25.2 Å². The zero-order chi connectivity index (χ0) is 11.2. The molecule has 3 saturated heterocycles. The minimum absolute atomic E-state index is 0.131. The van der Waals surface area contributed by atoms with Gasteiger partial charge in [-0.05, 0) is 0 Å². The molecule has 16 heavy (non-hydrogen) atoms. The quantitative estimate of drug-likeness (QED) is 0.547. The van der Waals surface area contributed by atoms with Crippen molar-refractivity contribution in [2.75, 3.05) is 13.2 Å². The van der Waals surface area contributed by atoms with Crippen molar-refractivity contribution in [1.82, 2.24) is 0 Å². The second kappa shape index (κ2) is 3.18. The van der Waals surface area contributed by atoms with Gasteiger partial charge in [0.25, 0.3) is 0 Å². The molecule has 3 rings (SSSR count). The van der Waals surface area contributed by atoms with Gasteiger partial charge < -0.3 is 18.9 Å². The molecule has 0 aromatic heterocycles. The van der Waals surface area contributed by atoms with Crippen LogP contribution in [0, 0.1) is 0 Å². The zero-order valence-corrected chi connectivity index (χ0v) is 8.69. The lowest BCUT2D eigenvalue weighted by Crippen LogP contribution is -2.53. The Morgan fingerprint density at radius 1 is 0.812 bits per heavy atom. The van der Waals surface area contributed by atoms with Gasteiger partial charge in [-0.2, -0.15) is 0 Å². The summed E-state index contributed by atoms with van der Waals surface area (Å²) in [5.41, 5.74) is 0. The highest BCUT2D eigenvalue weighted by atomic mass is 16.8. The van der Waals surface area contributed by atoms with E-state index in [4.69, 9.17) is 18.9 Å². The van der Waals surface area contributed by atoms with E-state index in [1.165, 1.54) is 0 Å². The molecule has 0 unspecified atom stereocenters. The standard InChI is InChI=1S/C10H12O6/c11-7-1-3-9(15-7)5-14-10(6-13-9)4-2-8(12)16-10/h1-6H2/t9-,10+. The van der Waals surface area contributed by atoms with Crippen LogP contribution < -0.4 is 0 Å². The summed E-state index contributed by atoms with van der Waals surface area (Å²) in [5.74, 6) is -2.44. The molecule has 2 spiro atoms. The van der Waals surface area contributed by atoms with Crippen molar-refractivity contribution < 1.29 is 28.5 Å². The van der Waals surface area contributed by atoms with Crippen molar-refractivity contribution in [3.63, 3.8) is 0 Å². The summed E-state index contributed by atoms with van der Waals surface area (Å²) >= 11 is 0. The minimum atomic E-state index is -0.947. The van der Waals surface area contributed by atoms with Crippen molar-refractivity contribution in [1.29, 1.82) is 0 Å². The number of carbonyl (C=O) groups excluding carboxylic acids is 2. The van der Waals surface area contributed by atoms with Gasteiger partial charge in [-0.15, -0.1) is 0 Å². The first-order valence-electron chi connectivity index (χ1n) is 5.33. The Morgan fingerprint density at radius 3 is 1.50 bits per heavy atom. The Hall–Kier alpha value is -1.14. The first-order chi connectivity index (χ1) is 7.62. The van der Waals surface area contributed by atoms with Crippen molar-refractivity contribution in [2.24, 2.45) is 0 Å². The highest BCUT2D eigenvalue weighted by molar-refractivity contribution is 5.72. The molecule has 3 aliphatic rings. The molecule has 0 amide bonds. The van der Waals surface area contributed by atoms with E-state index in [1.807, 2.05) is 0 Å². The molecule has 2 atom stereocenters. The molecule has 0 aromatic carbocycles. The van der Waals surface area contributed by atoms with Crippen LogP contribution in [0.4, 0.5) is 0 Å². The predicted octanol–water partition coefficient (Wildman–Crippen LogP) is 0.0998. The smallest absolute Gasteiger partial charge is 0.308 e. The van der Waals surface area contributed by atoms with Crippen LogP contribution in [0.5, 0.6) is 0 Å². The number of hydrogen-bond acceptors (Lipinski definition) is 6. The van der Waals surface area contributed by atoms with Crippen LogP contribution in [0.25, 0.3) is 0 Å². The first kappa shape index (κ1) is 10.0. The summed E-state index contributed by atoms with van der Waals surface area (Å²) in [7, 11) is 0. The number of hydrogen-bond donors (Lipinski definition) is 0. The molecule has 3 heterocycles. The fraction of sp³-hybridized carbons (Fsp3) is 0.800. The predicted molar refractivity (Wildman–Crippen MR) is 48.0 cm³/mol. The Labute approximate surface area is 91.8 Å². The Kier molecular flexibility index (Phi) is 1.99. The second-order valence-corrected chi connectivity index (χ2v) is 4.35. The van der Waals surface area contributed by atoms with Gasteiger partial charge in [-0.3, -0.25) is 9.59 Å². The lowest BCUT2D eigenvalue weighted by Gasteiger charge is -2.40. The zero-order valence-electron chi connectivity index (χ0n) is 8.69. The molecule has 3 aliphatic heterocycles. The van der Waals surface area contributed by atoms with Crippen molar-refractivity contribution in [3.05, 3.63) is 0 Å². The molecule has 6 heteroatoms. The van der Waals surface area contributed by atoms with Crippen LogP contribution >= 0.6 is 0 Å². The summed E-state index contributed by atoms with van der Waals surface area (Å²) in [5, 5.41) is 0. The van der Waals surface area contributed by atoms with Crippen LogP contribution in [-0.2, 0) is 28.5 Å². The third-order valence-corrected chi connectivity index (χ3v) is 3.13. The molecule has 6 nitrogen and oxygen atoms in total. The largest absolute Gasteiger partial charge is 0.430 e. The maximum absolute atomic E-state index is 11.0. The average molecular weight is 228 g/mol. The molecule has 3 fully saturated rings. The number of ether oxygens (including phenoxy) is 4. The van der Waals surface area contributed by atoms with Crippen LogP contribution in [0.2, 0.25) is 0 Å². The van der Waals surface area contributed by atoms with Gasteiger partial charge in [-0.25, -0.2) is 0 Å². The van der Waals surface area contributed by atoms with Gasteiger partial charge >= 0.3 is 11.9 Å². The van der Waals surface area contributed by atoms with Crippen LogP contribution in [-0.4, -0.2) is 36.7 Å². The fourth-order valence-electron chi connectivity index (χ4n) is 2.18. The Balaban J connectivity index is 1.68. The Morgan fingerprint density at radius 2 is 1.25 bits per heavy atom. The van der Waals surface area contributed by atoms with E-state index in [9.17, 15) is 9.59 Å². The Bertz CT molecular complexity index is 307. The highest BCUT2D eigenvalue weighted by Gasteiger charge is 2.53. The molecular formula is C10H12O6. The van der Waals surface area contributed by atoms with Gasteiger partial charge in [0.1, 0.15) is 13.2 Å². The lowest BCUT2D eigenvalue weighted by atomic mass is 10.1. The topological polar surface area (TPSA) is 71.1 Å². The third-order valence-electron chi connectivity index (χ3n) is 3.13. The molecule has 0 bridgehead atoms.